The number of benzene rings is 1. The molecule has 4 nitrogen and oxygen atoms in total. The van der Waals surface area contributed by atoms with Crippen LogP contribution in [0.25, 0.3) is 0 Å². The number of carbonyl (C=O) groups is 2. The van der Waals surface area contributed by atoms with Gasteiger partial charge in [0.25, 0.3) is 5.91 Å². The lowest BCUT2D eigenvalue weighted by molar-refractivity contribution is -0.117. The lowest BCUT2D eigenvalue weighted by atomic mass is 10.0. The van der Waals surface area contributed by atoms with Gasteiger partial charge in [-0.25, -0.2) is 0 Å². The molecule has 1 saturated carbocycles. The average molecular weight is 314 g/mol. The van der Waals surface area contributed by atoms with Gasteiger partial charge in [0.15, 0.2) is 0 Å². The van der Waals surface area contributed by atoms with Gasteiger partial charge in [-0.2, -0.15) is 0 Å². The number of amides is 2. The zero-order valence-corrected chi connectivity index (χ0v) is 14.2. The van der Waals surface area contributed by atoms with Crippen LogP contribution in [0.2, 0.25) is 0 Å². The van der Waals surface area contributed by atoms with Crippen LogP contribution < -0.4 is 5.32 Å². The van der Waals surface area contributed by atoms with E-state index in [4.69, 9.17) is 0 Å². The van der Waals surface area contributed by atoms with Crippen molar-refractivity contribution in [1.29, 1.82) is 0 Å². The van der Waals surface area contributed by atoms with E-state index in [1.807, 2.05) is 29.2 Å². The highest BCUT2D eigenvalue weighted by Gasteiger charge is 2.39. The maximum Gasteiger partial charge on any atom is 0.254 e. The van der Waals surface area contributed by atoms with E-state index < -0.39 is 0 Å². The van der Waals surface area contributed by atoms with Crippen LogP contribution in [0.1, 0.15) is 50.4 Å². The van der Waals surface area contributed by atoms with Crippen LogP contribution in [0.5, 0.6) is 0 Å². The third-order valence-corrected chi connectivity index (χ3v) is 5.15. The van der Waals surface area contributed by atoms with Crippen molar-refractivity contribution >= 4 is 17.5 Å². The van der Waals surface area contributed by atoms with Crippen LogP contribution in [-0.4, -0.2) is 29.3 Å². The van der Waals surface area contributed by atoms with Crippen molar-refractivity contribution in [2.45, 2.75) is 46.1 Å². The van der Waals surface area contributed by atoms with Crippen LogP contribution in [0.3, 0.4) is 0 Å². The molecular weight excluding hydrogens is 288 g/mol. The summed E-state index contributed by atoms with van der Waals surface area (Å²) in [5, 5.41) is 2.94. The van der Waals surface area contributed by atoms with Crippen molar-refractivity contribution in [2.24, 2.45) is 17.8 Å². The first-order valence-electron chi connectivity index (χ1n) is 8.69. The molecule has 1 aromatic carbocycles. The molecule has 124 valence electrons. The summed E-state index contributed by atoms with van der Waals surface area (Å²) in [5.74, 6) is 1.25. The number of hydrogen-bond donors (Lipinski definition) is 1. The number of rotatable bonds is 4. The summed E-state index contributed by atoms with van der Waals surface area (Å²) in [7, 11) is 0. The lowest BCUT2D eigenvalue weighted by Crippen LogP contribution is -2.38. The topological polar surface area (TPSA) is 49.4 Å². The van der Waals surface area contributed by atoms with E-state index in [0.717, 1.165) is 31.5 Å². The molecule has 0 unspecified atom stereocenters. The molecule has 1 aromatic rings. The molecule has 2 fully saturated rings. The number of carbonyl (C=O) groups excluding carboxylic acids is 2. The van der Waals surface area contributed by atoms with Crippen molar-refractivity contribution in [3.05, 3.63) is 29.8 Å². The van der Waals surface area contributed by atoms with Gasteiger partial charge in [-0.15, -0.1) is 0 Å². The van der Waals surface area contributed by atoms with E-state index >= 15 is 0 Å². The van der Waals surface area contributed by atoms with E-state index in [1.54, 1.807) is 0 Å². The second-order valence-electron chi connectivity index (χ2n) is 7.34. The highest BCUT2D eigenvalue weighted by Crippen LogP contribution is 2.38. The Labute approximate surface area is 138 Å². The second-order valence-corrected chi connectivity index (χ2v) is 7.34. The maximum atomic E-state index is 12.8. The molecule has 4 heteroatoms. The molecule has 0 aromatic heterocycles. The third kappa shape index (κ3) is 3.41. The Balaban J connectivity index is 1.71. The van der Waals surface area contributed by atoms with Crippen molar-refractivity contribution in [2.75, 3.05) is 11.9 Å². The molecule has 0 bridgehead atoms. The summed E-state index contributed by atoms with van der Waals surface area (Å²) in [5.41, 5.74) is 1.39. The van der Waals surface area contributed by atoms with Gasteiger partial charge in [-0.05, 0) is 49.3 Å². The second kappa shape index (κ2) is 6.34. The van der Waals surface area contributed by atoms with Crippen molar-refractivity contribution < 1.29 is 9.59 Å². The van der Waals surface area contributed by atoms with Gasteiger partial charge in [-0.1, -0.05) is 26.8 Å². The SMILES string of the molecule is CC(C)[C@@H]1CCCN1C(=O)c1cccc(NC(=O)[C@H]2C[C@H]2C)c1. The van der Waals surface area contributed by atoms with Gasteiger partial charge in [0, 0.05) is 29.8 Å². The quantitative estimate of drug-likeness (QED) is 0.924. The summed E-state index contributed by atoms with van der Waals surface area (Å²) in [6.45, 7) is 7.26. The standard InChI is InChI=1S/C19H26N2O2/c1-12(2)17-8-5-9-21(17)19(23)14-6-4-7-15(11-14)20-18(22)16-10-13(16)3/h4,6-7,11-13,16-17H,5,8-10H2,1-3H3,(H,20,22)/t13-,16+,17+/m1/s1. The van der Waals surface area contributed by atoms with Gasteiger partial charge < -0.3 is 10.2 Å². The summed E-state index contributed by atoms with van der Waals surface area (Å²) < 4.78 is 0. The van der Waals surface area contributed by atoms with Gasteiger partial charge >= 0.3 is 0 Å². The predicted molar refractivity (Wildman–Crippen MR) is 91.2 cm³/mol. The molecule has 3 atom stereocenters. The van der Waals surface area contributed by atoms with Crippen molar-refractivity contribution in [1.82, 2.24) is 4.90 Å². The van der Waals surface area contributed by atoms with Crippen LogP contribution >= 0.6 is 0 Å². The normalized spacial score (nSPS) is 26.4. The third-order valence-electron chi connectivity index (χ3n) is 5.15. The van der Waals surface area contributed by atoms with Crippen molar-refractivity contribution in [3.63, 3.8) is 0 Å². The number of nitrogens with zero attached hydrogens (tertiary/aromatic N) is 1. The molecule has 2 amide bonds. The van der Waals surface area contributed by atoms with E-state index in [2.05, 4.69) is 26.1 Å². The summed E-state index contributed by atoms with van der Waals surface area (Å²) in [6, 6.07) is 7.68. The van der Waals surface area contributed by atoms with Gasteiger partial charge in [0.05, 0.1) is 0 Å². The number of anilines is 1. The van der Waals surface area contributed by atoms with E-state index in [-0.39, 0.29) is 17.7 Å². The van der Waals surface area contributed by atoms with E-state index in [1.165, 1.54) is 0 Å². The number of hydrogen-bond acceptors (Lipinski definition) is 2. The minimum Gasteiger partial charge on any atom is -0.335 e. The fourth-order valence-electron chi connectivity index (χ4n) is 3.56. The Kier molecular flexibility index (Phi) is 4.42. The molecule has 1 aliphatic heterocycles. The first-order chi connectivity index (χ1) is 11.0. The summed E-state index contributed by atoms with van der Waals surface area (Å²) >= 11 is 0. The molecule has 23 heavy (non-hydrogen) atoms. The minimum atomic E-state index is 0.0725. The molecule has 1 heterocycles. The van der Waals surface area contributed by atoms with Gasteiger partial charge in [0.1, 0.15) is 0 Å². The predicted octanol–water partition coefficient (Wildman–Crippen LogP) is 3.54. The fourth-order valence-corrected chi connectivity index (χ4v) is 3.56. The smallest absolute Gasteiger partial charge is 0.254 e. The Bertz CT molecular complexity index is 611. The molecule has 1 aliphatic carbocycles. The summed E-state index contributed by atoms with van der Waals surface area (Å²) in [6.07, 6.45) is 3.12. The maximum absolute atomic E-state index is 12.8. The number of likely N-dealkylation sites (tertiary alicyclic amines) is 1. The van der Waals surface area contributed by atoms with Crippen LogP contribution in [0, 0.1) is 17.8 Å². The first-order valence-corrected chi connectivity index (χ1v) is 8.69. The lowest BCUT2D eigenvalue weighted by Gasteiger charge is -2.28. The van der Waals surface area contributed by atoms with Crippen molar-refractivity contribution in [3.8, 4) is 0 Å². The number of nitrogens with one attached hydrogen (secondary N) is 1. The Hall–Kier alpha value is -1.84. The highest BCUT2D eigenvalue weighted by molar-refractivity contribution is 5.98. The van der Waals surface area contributed by atoms with Gasteiger partial charge in [0.2, 0.25) is 5.91 Å². The molecule has 0 radical (unpaired) electrons. The summed E-state index contributed by atoms with van der Waals surface area (Å²) in [4.78, 5) is 26.9. The van der Waals surface area contributed by atoms with Gasteiger partial charge in [-0.3, -0.25) is 9.59 Å². The molecule has 2 aliphatic rings. The molecule has 1 saturated heterocycles. The zero-order valence-electron chi connectivity index (χ0n) is 14.2. The van der Waals surface area contributed by atoms with Crippen LogP contribution in [-0.2, 0) is 4.79 Å². The van der Waals surface area contributed by atoms with Crippen LogP contribution in [0.4, 0.5) is 5.69 Å². The van der Waals surface area contributed by atoms with E-state index in [0.29, 0.717) is 23.4 Å². The molecular formula is C19H26N2O2. The zero-order chi connectivity index (χ0) is 16.6. The molecule has 0 spiro atoms. The Morgan fingerprint density at radius 2 is 2.04 bits per heavy atom. The van der Waals surface area contributed by atoms with Crippen LogP contribution in [0.15, 0.2) is 24.3 Å². The highest BCUT2D eigenvalue weighted by atomic mass is 16.2. The molecule has 1 N–H and O–H groups in total. The minimum absolute atomic E-state index is 0.0725. The fraction of sp³-hybridized carbons (Fsp3) is 0.579. The largest absolute Gasteiger partial charge is 0.335 e. The monoisotopic (exact) mass is 314 g/mol. The Morgan fingerprint density at radius 3 is 2.70 bits per heavy atom. The first kappa shape index (κ1) is 16.0. The Morgan fingerprint density at radius 1 is 1.30 bits per heavy atom. The molecule has 3 rings (SSSR count). The van der Waals surface area contributed by atoms with E-state index in [9.17, 15) is 9.59 Å². The average Bonchev–Trinajstić information content (AvgIpc) is 3.06.